The van der Waals surface area contributed by atoms with Crippen LogP contribution in [0.4, 0.5) is 0 Å². The molecular formula is C16H25NO. The van der Waals surface area contributed by atoms with E-state index in [0.717, 1.165) is 12.3 Å². The van der Waals surface area contributed by atoms with Crippen LogP contribution in [-0.4, -0.2) is 19.2 Å². The lowest BCUT2D eigenvalue weighted by molar-refractivity contribution is 0.213. The minimum absolute atomic E-state index is 0.190. The van der Waals surface area contributed by atoms with Gasteiger partial charge in [-0.3, -0.25) is 0 Å². The minimum atomic E-state index is 0.190. The lowest BCUT2D eigenvalue weighted by Crippen LogP contribution is -2.49. The Kier molecular flexibility index (Phi) is 3.67. The average Bonchev–Trinajstić information content (AvgIpc) is 2.27. The second-order valence-corrected chi connectivity index (χ2v) is 6.47. The molecule has 18 heavy (non-hydrogen) atoms. The summed E-state index contributed by atoms with van der Waals surface area (Å²) in [5.41, 5.74) is 1.99. The van der Waals surface area contributed by atoms with Crippen molar-refractivity contribution in [3.05, 3.63) is 29.8 Å². The smallest absolute Gasteiger partial charge is 0.118 e. The van der Waals surface area contributed by atoms with Crippen LogP contribution in [0.1, 0.15) is 45.6 Å². The van der Waals surface area contributed by atoms with Crippen molar-refractivity contribution in [2.45, 2.75) is 51.0 Å². The van der Waals surface area contributed by atoms with Crippen molar-refractivity contribution in [2.24, 2.45) is 0 Å². The van der Waals surface area contributed by atoms with Crippen LogP contribution in [0.15, 0.2) is 24.3 Å². The van der Waals surface area contributed by atoms with Crippen LogP contribution < -0.4 is 10.1 Å². The summed E-state index contributed by atoms with van der Waals surface area (Å²) in [5, 5.41) is 3.66. The molecule has 2 heteroatoms. The van der Waals surface area contributed by atoms with Gasteiger partial charge in [0.2, 0.25) is 0 Å². The number of rotatable bonds is 4. The first-order chi connectivity index (χ1) is 8.45. The van der Waals surface area contributed by atoms with E-state index in [-0.39, 0.29) is 5.54 Å². The Morgan fingerprint density at radius 3 is 2.17 bits per heavy atom. The summed E-state index contributed by atoms with van der Waals surface area (Å²) < 4.78 is 5.23. The summed E-state index contributed by atoms with van der Waals surface area (Å²) in [7, 11) is 1.72. The molecule has 1 N–H and O–H groups in total. The molecule has 1 aromatic carbocycles. The van der Waals surface area contributed by atoms with Crippen molar-refractivity contribution in [3.8, 4) is 5.75 Å². The van der Waals surface area contributed by atoms with Crippen LogP contribution in [0.25, 0.3) is 0 Å². The Morgan fingerprint density at radius 2 is 1.78 bits per heavy atom. The van der Waals surface area contributed by atoms with Crippen molar-refractivity contribution >= 4 is 0 Å². The maximum absolute atomic E-state index is 5.23. The van der Waals surface area contributed by atoms with Crippen LogP contribution in [0.3, 0.4) is 0 Å². The molecule has 0 heterocycles. The molecule has 0 saturated heterocycles. The van der Waals surface area contributed by atoms with Gasteiger partial charge in [-0.2, -0.15) is 0 Å². The van der Waals surface area contributed by atoms with Gasteiger partial charge in [-0.25, -0.2) is 0 Å². The van der Waals surface area contributed by atoms with E-state index >= 15 is 0 Å². The quantitative estimate of drug-likeness (QED) is 0.879. The molecule has 1 aliphatic rings. The van der Waals surface area contributed by atoms with Crippen molar-refractivity contribution < 1.29 is 4.74 Å². The van der Waals surface area contributed by atoms with E-state index in [9.17, 15) is 0 Å². The SMILES string of the molecule is COc1ccc(C2(CNC(C)(C)C)CCC2)cc1. The highest BCUT2D eigenvalue weighted by Gasteiger charge is 2.38. The zero-order valence-corrected chi connectivity index (χ0v) is 12.0. The Balaban J connectivity index is 2.11. The highest BCUT2D eigenvalue weighted by atomic mass is 16.5. The molecule has 0 bridgehead atoms. The first-order valence-corrected chi connectivity index (χ1v) is 6.85. The van der Waals surface area contributed by atoms with Gasteiger partial charge in [0.25, 0.3) is 0 Å². The fourth-order valence-corrected chi connectivity index (χ4v) is 2.55. The van der Waals surface area contributed by atoms with Crippen molar-refractivity contribution in [3.63, 3.8) is 0 Å². The van der Waals surface area contributed by atoms with Gasteiger partial charge >= 0.3 is 0 Å². The number of hydrogen-bond donors (Lipinski definition) is 1. The molecular weight excluding hydrogens is 222 g/mol. The zero-order chi connectivity index (χ0) is 13.2. The van der Waals surface area contributed by atoms with E-state index in [1.54, 1.807) is 7.11 Å². The van der Waals surface area contributed by atoms with Crippen LogP contribution in [0.5, 0.6) is 5.75 Å². The van der Waals surface area contributed by atoms with Crippen LogP contribution in [-0.2, 0) is 5.41 Å². The molecule has 1 aliphatic carbocycles. The van der Waals surface area contributed by atoms with Crippen molar-refractivity contribution in [1.82, 2.24) is 5.32 Å². The van der Waals surface area contributed by atoms with Crippen LogP contribution in [0.2, 0.25) is 0 Å². The fourth-order valence-electron chi connectivity index (χ4n) is 2.55. The van der Waals surface area contributed by atoms with Crippen LogP contribution in [0, 0.1) is 0 Å². The second-order valence-electron chi connectivity index (χ2n) is 6.47. The highest BCUT2D eigenvalue weighted by molar-refractivity contribution is 5.34. The van der Waals surface area contributed by atoms with E-state index in [2.05, 4.69) is 50.4 Å². The van der Waals surface area contributed by atoms with Gasteiger partial charge in [0, 0.05) is 17.5 Å². The molecule has 0 aromatic heterocycles. The average molecular weight is 247 g/mol. The molecule has 0 radical (unpaired) electrons. The van der Waals surface area contributed by atoms with E-state index in [1.165, 1.54) is 24.8 Å². The van der Waals surface area contributed by atoms with Gasteiger partial charge in [0.15, 0.2) is 0 Å². The predicted molar refractivity (Wildman–Crippen MR) is 76.3 cm³/mol. The fraction of sp³-hybridized carbons (Fsp3) is 0.625. The lowest BCUT2D eigenvalue weighted by Gasteiger charge is -2.44. The van der Waals surface area contributed by atoms with E-state index in [4.69, 9.17) is 4.74 Å². The van der Waals surface area contributed by atoms with Gasteiger partial charge in [-0.15, -0.1) is 0 Å². The minimum Gasteiger partial charge on any atom is -0.497 e. The maximum Gasteiger partial charge on any atom is 0.118 e. The number of ether oxygens (including phenoxy) is 1. The number of benzene rings is 1. The van der Waals surface area contributed by atoms with E-state index < -0.39 is 0 Å². The Hall–Kier alpha value is -1.02. The van der Waals surface area contributed by atoms with Gasteiger partial charge < -0.3 is 10.1 Å². The summed E-state index contributed by atoms with van der Waals surface area (Å²) in [6, 6.07) is 8.60. The first kappa shape index (κ1) is 13.4. The molecule has 0 unspecified atom stereocenters. The molecule has 1 aromatic rings. The molecule has 0 atom stereocenters. The van der Waals surface area contributed by atoms with Gasteiger partial charge in [0.05, 0.1) is 7.11 Å². The van der Waals surface area contributed by atoms with Gasteiger partial charge in [0.1, 0.15) is 5.75 Å². The topological polar surface area (TPSA) is 21.3 Å². The second kappa shape index (κ2) is 4.93. The molecule has 0 aliphatic heterocycles. The molecule has 0 spiro atoms. The predicted octanol–water partition coefficient (Wildman–Crippen LogP) is 3.51. The van der Waals surface area contributed by atoms with Crippen LogP contribution >= 0.6 is 0 Å². The Morgan fingerprint density at radius 1 is 1.17 bits per heavy atom. The molecule has 100 valence electrons. The largest absolute Gasteiger partial charge is 0.497 e. The normalized spacial score (nSPS) is 18.2. The summed E-state index contributed by atoms with van der Waals surface area (Å²) >= 11 is 0. The monoisotopic (exact) mass is 247 g/mol. The number of methoxy groups -OCH3 is 1. The Bertz CT molecular complexity index is 385. The summed E-state index contributed by atoms with van der Waals surface area (Å²) in [6.07, 6.45) is 3.93. The third kappa shape index (κ3) is 2.86. The number of nitrogens with one attached hydrogen (secondary N) is 1. The summed E-state index contributed by atoms with van der Waals surface area (Å²) in [4.78, 5) is 0. The van der Waals surface area contributed by atoms with Crippen molar-refractivity contribution in [1.29, 1.82) is 0 Å². The molecule has 2 nitrogen and oxygen atoms in total. The third-order valence-electron chi connectivity index (χ3n) is 3.97. The molecule has 0 amide bonds. The maximum atomic E-state index is 5.23. The molecule has 1 saturated carbocycles. The summed E-state index contributed by atoms with van der Waals surface area (Å²) in [5.74, 6) is 0.942. The third-order valence-corrected chi connectivity index (χ3v) is 3.97. The standard InChI is InChI=1S/C16H25NO/c1-15(2,3)17-12-16(10-5-11-16)13-6-8-14(18-4)9-7-13/h6-9,17H,5,10-12H2,1-4H3. The molecule has 2 rings (SSSR count). The summed E-state index contributed by atoms with van der Waals surface area (Å²) in [6.45, 7) is 7.76. The van der Waals surface area contributed by atoms with E-state index in [1.807, 2.05) is 0 Å². The van der Waals surface area contributed by atoms with Crippen molar-refractivity contribution in [2.75, 3.05) is 13.7 Å². The number of hydrogen-bond acceptors (Lipinski definition) is 2. The highest BCUT2D eigenvalue weighted by Crippen LogP contribution is 2.43. The van der Waals surface area contributed by atoms with E-state index in [0.29, 0.717) is 5.41 Å². The zero-order valence-electron chi connectivity index (χ0n) is 12.0. The Labute approximate surface area is 111 Å². The van der Waals surface area contributed by atoms with Gasteiger partial charge in [-0.1, -0.05) is 18.6 Å². The molecule has 1 fully saturated rings. The first-order valence-electron chi connectivity index (χ1n) is 6.85. The lowest BCUT2D eigenvalue weighted by atomic mass is 9.64. The van der Waals surface area contributed by atoms with Gasteiger partial charge in [-0.05, 0) is 51.3 Å².